The van der Waals surface area contributed by atoms with Crippen LogP contribution in [0.4, 0.5) is 0 Å². The summed E-state index contributed by atoms with van der Waals surface area (Å²) in [5.74, 6) is -0.0558. The number of ether oxygens (including phenoxy) is 3. The largest absolute Gasteiger partial charge is 0.497 e. The molecule has 0 bridgehead atoms. The molecule has 43 heavy (non-hydrogen) atoms. The van der Waals surface area contributed by atoms with Gasteiger partial charge in [-0.05, 0) is 55.7 Å². The first-order valence-electron chi connectivity index (χ1n) is 15.8. The van der Waals surface area contributed by atoms with E-state index < -0.39 is 29.6 Å². The molecule has 0 unspecified atom stereocenters. The number of hydrogen-bond acceptors (Lipinski definition) is 8. The minimum atomic E-state index is -0.940. The summed E-state index contributed by atoms with van der Waals surface area (Å²) in [6.07, 6.45) is 6.79. The molecule has 11 nitrogen and oxygen atoms in total. The summed E-state index contributed by atoms with van der Waals surface area (Å²) in [6, 6.07) is 4.97. The van der Waals surface area contributed by atoms with E-state index >= 15 is 0 Å². The second-order valence-electron chi connectivity index (χ2n) is 12.7. The number of carbonyl (C=O) groups excluding carboxylic acids is 4. The maximum absolute atomic E-state index is 13.9. The summed E-state index contributed by atoms with van der Waals surface area (Å²) in [4.78, 5) is 55.9. The van der Waals surface area contributed by atoms with Crippen LogP contribution in [0, 0.1) is 11.8 Å². The normalized spacial score (nSPS) is 24.4. The number of benzene rings is 1. The number of nitrogens with one attached hydrogen (secondary N) is 3. The van der Waals surface area contributed by atoms with E-state index in [0.29, 0.717) is 51.0 Å². The lowest BCUT2D eigenvalue weighted by Crippen LogP contribution is -2.58. The third-order valence-corrected chi connectivity index (χ3v) is 9.17. The fourth-order valence-electron chi connectivity index (χ4n) is 6.18. The number of nitrogens with zero attached hydrogens (tertiary/aromatic N) is 1. The van der Waals surface area contributed by atoms with E-state index in [2.05, 4.69) is 16.0 Å². The third kappa shape index (κ3) is 8.77. The fourth-order valence-corrected chi connectivity index (χ4v) is 6.18. The molecular weight excluding hydrogens is 552 g/mol. The summed E-state index contributed by atoms with van der Waals surface area (Å²) < 4.78 is 16.1. The minimum absolute atomic E-state index is 0.0296. The number of morpholine rings is 1. The van der Waals surface area contributed by atoms with Crippen molar-refractivity contribution in [1.82, 2.24) is 20.9 Å². The number of ketones is 1. The summed E-state index contributed by atoms with van der Waals surface area (Å²) in [7, 11) is 1.59. The second kappa shape index (κ2) is 14.2. The summed E-state index contributed by atoms with van der Waals surface area (Å²) in [6.45, 7) is 4.81. The van der Waals surface area contributed by atoms with Crippen LogP contribution in [-0.2, 0) is 35.1 Å². The van der Waals surface area contributed by atoms with Crippen LogP contribution in [-0.4, -0.2) is 98.7 Å². The lowest BCUT2D eigenvalue weighted by molar-refractivity contribution is -0.135. The van der Waals surface area contributed by atoms with Gasteiger partial charge >= 0.3 is 0 Å². The van der Waals surface area contributed by atoms with Gasteiger partial charge in [-0.3, -0.25) is 24.1 Å². The van der Waals surface area contributed by atoms with Crippen LogP contribution in [0.1, 0.15) is 57.4 Å². The quantitative estimate of drug-likeness (QED) is 0.258. The lowest BCUT2D eigenvalue weighted by atomic mass is 9.90. The first kappa shape index (κ1) is 31.4. The van der Waals surface area contributed by atoms with Gasteiger partial charge in [-0.15, -0.1) is 0 Å². The molecule has 2 saturated carbocycles. The Balaban J connectivity index is 1.29. The molecule has 2 heterocycles. The molecule has 11 heteroatoms. The average molecular weight is 599 g/mol. The van der Waals surface area contributed by atoms with E-state index in [1.165, 1.54) is 0 Å². The summed E-state index contributed by atoms with van der Waals surface area (Å²) in [5.41, 5.74) is -0.0376. The number of Topliss-reactive ketones (excluding diaryl/α,β-unsaturated/α-hetero) is 1. The van der Waals surface area contributed by atoms with Gasteiger partial charge in [0.25, 0.3) is 0 Å². The zero-order valence-electron chi connectivity index (χ0n) is 25.4. The SMILES string of the molecule is COc1ccc(C[C@H](NC(=O)[C@@H](NC(=O)CN2CCOCC2)C2CC2)C(=O)N[C@@H](CC2CCCC2)C(=O)[C@@]2(C)CO2)cc1. The highest BCUT2D eigenvalue weighted by Crippen LogP contribution is 2.34. The molecule has 3 N–H and O–H groups in total. The first-order chi connectivity index (χ1) is 20.7. The van der Waals surface area contributed by atoms with E-state index in [1.54, 1.807) is 14.0 Å². The standard InChI is InChI=1S/C32H46N4O7/c1-32(20-43-32)29(38)25(17-21-5-3-4-6-21)33-30(39)26(18-22-7-11-24(41-2)12-8-22)34-31(40)28(23-9-10-23)35-27(37)19-36-13-15-42-16-14-36/h7-8,11-12,21,23,25-26,28H,3-6,9-10,13-20H2,1-2H3,(H,33,39)(H,34,40)(H,35,37)/t25-,26-,28-,32+/m0/s1. The van der Waals surface area contributed by atoms with Gasteiger partial charge in [-0.2, -0.15) is 0 Å². The van der Waals surface area contributed by atoms with E-state index in [-0.39, 0.29) is 36.5 Å². The van der Waals surface area contributed by atoms with Crippen molar-refractivity contribution in [2.45, 2.75) is 82.0 Å². The van der Waals surface area contributed by atoms with Crippen LogP contribution in [0.15, 0.2) is 24.3 Å². The Labute approximate surface area is 253 Å². The van der Waals surface area contributed by atoms with Crippen LogP contribution in [0.25, 0.3) is 0 Å². The fraction of sp³-hybridized carbons (Fsp3) is 0.688. The van der Waals surface area contributed by atoms with Crippen molar-refractivity contribution in [2.75, 3.05) is 46.6 Å². The minimum Gasteiger partial charge on any atom is -0.497 e. The van der Waals surface area contributed by atoms with E-state index in [0.717, 1.165) is 44.1 Å². The van der Waals surface area contributed by atoms with Crippen molar-refractivity contribution < 1.29 is 33.4 Å². The molecule has 4 atom stereocenters. The molecule has 4 fully saturated rings. The average Bonchev–Trinajstić information content (AvgIpc) is 3.94. The number of rotatable bonds is 15. The number of hydrogen-bond donors (Lipinski definition) is 3. The Morgan fingerprint density at radius 2 is 1.60 bits per heavy atom. The van der Waals surface area contributed by atoms with Crippen LogP contribution in [0.2, 0.25) is 0 Å². The van der Waals surface area contributed by atoms with Crippen molar-refractivity contribution in [3.63, 3.8) is 0 Å². The van der Waals surface area contributed by atoms with E-state index in [1.807, 2.05) is 29.2 Å². The number of epoxide rings is 1. The first-order valence-corrected chi connectivity index (χ1v) is 15.8. The highest BCUT2D eigenvalue weighted by molar-refractivity contribution is 5.98. The smallest absolute Gasteiger partial charge is 0.243 e. The maximum Gasteiger partial charge on any atom is 0.243 e. The third-order valence-electron chi connectivity index (χ3n) is 9.17. The van der Waals surface area contributed by atoms with Crippen LogP contribution >= 0.6 is 0 Å². The number of methoxy groups -OCH3 is 1. The van der Waals surface area contributed by atoms with Crippen LogP contribution in [0.3, 0.4) is 0 Å². The summed E-state index contributed by atoms with van der Waals surface area (Å²) >= 11 is 0. The Morgan fingerprint density at radius 3 is 2.21 bits per heavy atom. The van der Waals surface area contributed by atoms with Crippen molar-refractivity contribution in [1.29, 1.82) is 0 Å². The second-order valence-corrected chi connectivity index (χ2v) is 12.7. The highest BCUT2D eigenvalue weighted by Gasteiger charge is 2.50. The van der Waals surface area contributed by atoms with Gasteiger partial charge in [0.05, 0.1) is 39.5 Å². The van der Waals surface area contributed by atoms with Crippen LogP contribution < -0.4 is 20.7 Å². The molecule has 2 saturated heterocycles. The van der Waals surface area contributed by atoms with Gasteiger partial charge in [0, 0.05) is 19.5 Å². The van der Waals surface area contributed by atoms with Gasteiger partial charge in [-0.1, -0.05) is 37.8 Å². The van der Waals surface area contributed by atoms with Gasteiger partial charge in [-0.25, -0.2) is 0 Å². The summed E-state index contributed by atoms with van der Waals surface area (Å²) in [5, 5.41) is 8.88. The molecule has 2 aliphatic heterocycles. The Kier molecular flexibility index (Phi) is 10.4. The Morgan fingerprint density at radius 1 is 0.953 bits per heavy atom. The molecule has 3 amide bonds. The molecule has 0 radical (unpaired) electrons. The molecule has 236 valence electrons. The Bertz CT molecular complexity index is 1140. The lowest BCUT2D eigenvalue weighted by Gasteiger charge is -2.28. The van der Waals surface area contributed by atoms with Crippen LogP contribution in [0.5, 0.6) is 5.75 Å². The zero-order chi connectivity index (χ0) is 30.4. The molecule has 1 aromatic rings. The van der Waals surface area contributed by atoms with Crippen molar-refractivity contribution in [3.8, 4) is 5.75 Å². The van der Waals surface area contributed by atoms with Gasteiger partial charge in [0.1, 0.15) is 23.4 Å². The molecule has 4 aliphatic rings. The predicted octanol–water partition coefficient (Wildman–Crippen LogP) is 1.37. The Hall–Kier alpha value is -3.02. The number of amides is 3. The molecule has 0 aromatic heterocycles. The van der Waals surface area contributed by atoms with Gasteiger partial charge < -0.3 is 30.2 Å². The maximum atomic E-state index is 13.9. The molecule has 2 aliphatic carbocycles. The highest BCUT2D eigenvalue weighted by atomic mass is 16.6. The molecule has 1 aromatic carbocycles. The topological polar surface area (TPSA) is 139 Å². The van der Waals surface area contributed by atoms with Gasteiger partial charge in [0.2, 0.25) is 17.7 Å². The van der Waals surface area contributed by atoms with Crippen molar-refractivity contribution in [2.24, 2.45) is 11.8 Å². The van der Waals surface area contributed by atoms with E-state index in [9.17, 15) is 19.2 Å². The molecule has 0 spiro atoms. The molecule has 5 rings (SSSR count). The van der Waals surface area contributed by atoms with Crippen molar-refractivity contribution >= 4 is 23.5 Å². The van der Waals surface area contributed by atoms with E-state index in [4.69, 9.17) is 14.2 Å². The molecular formula is C32H46N4O7. The van der Waals surface area contributed by atoms with Gasteiger partial charge in [0.15, 0.2) is 5.78 Å². The van der Waals surface area contributed by atoms with Crippen molar-refractivity contribution in [3.05, 3.63) is 29.8 Å². The predicted molar refractivity (Wildman–Crippen MR) is 158 cm³/mol. The number of carbonyl (C=O) groups is 4. The monoisotopic (exact) mass is 598 g/mol. The zero-order valence-corrected chi connectivity index (χ0v) is 25.4.